The summed E-state index contributed by atoms with van der Waals surface area (Å²) in [7, 11) is -3.81. The summed E-state index contributed by atoms with van der Waals surface area (Å²) in [6, 6.07) is 12.0. The van der Waals surface area contributed by atoms with Crippen LogP contribution in [0.2, 0.25) is 0 Å². The van der Waals surface area contributed by atoms with Gasteiger partial charge in [-0.15, -0.1) is 5.10 Å². The second-order valence-corrected chi connectivity index (χ2v) is 7.02. The van der Waals surface area contributed by atoms with Gasteiger partial charge in [-0.2, -0.15) is 4.52 Å². The first-order chi connectivity index (χ1) is 11.1. The predicted molar refractivity (Wildman–Crippen MR) is 82.7 cm³/mol. The Kier molecular flexibility index (Phi) is 2.88. The van der Waals surface area contributed by atoms with Gasteiger partial charge in [0.1, 0.15) is 4.90 Å². The lowest BCUT2D eigenvalue weighted by Crippen LogP contribution is -2.07. The van der Waals surface area contributed by atoms with E-state index in [2.05, 4.69) is 20.5 Å². The summed E-state index contributed by atoms with van der Waals surface area (Å²) in [6.07, 6.45) is 1.44. The number of nitrogens with zero attached hydrogens (tertiary/aromatic N) is 5. The lowest BCUT2D eigenvalue weighted by molar-refractivity contribution is 0.592. The van der Waals surface area contributed by atoms with Gasteiger partial charge in [-0.1, -0.05) is 18.2 Å². The number of fused-ring (bicyclic) bond motifs is 3. The predicted octanol–water partition coefficient (Wildman–Crippen LogP) is 1.81. The van der Waals surface area contributed by atoms with Gasteiger partial charge in [0.15, 0.2) is 10.7 Å². The first kappa shape index (κ1) is 13.8. The summed E-state index contributed by atoms with van der Waals surface area (Å²) < 4.78 is 27.2. The summed E-state index contributed by atoms with van der Waals surface area (Å²) >= 11 is 0. The maximum atomic E-state index is 12.9. The maximum Gasteiger partial charge on any atom is 0.227 e. The van der Waals surface area contributed by atoms with E-state index in [-0.39, 0.29) is 15.6 Å². The average molecular weight is 325 g/mol. The fourth-order valence-corrected chi connectivity index (χ4v) is 3.82. The van der Waals surface area contributed by atoms with Crippen molar-refractivity contribution in [3.05, 3.63) is 54.2 Å². The second kappa shape index (κ2) is 4.82. The lowest BCUT2D eigenvalue weighted by Gasteiger charge is -2.07. The van der Waals surface area contributed by atoms with Crippen LogP contribution < -0.4 is 0 Å². The van der Waals surface area contributed by atoms with Crippen LogP contribution in [0.5, 0.6) is 0 Å². The molecule has 1 aromatic carbocycles. The van der Waals surface area contributed by atoms with Gasteiger partial charge in [0, 0.05) is 11.6 Å². The van der Waals surface area contributed by atoms with Crippen LogP contribution in [0.1, 0.15) is 5.56 Å². The van der Waals surface area contributed by atoms with Crippen molar-refractivity contribution in [1.82, 2.24) is 25.0 Å². The van der Waals surface area contributed by atoms with Crippen LogP contribution in [0.15, 0.2) is 58.6 Å². The van der Waals surface area contributed by atoms with Crippen LogP contribution in [0, 0.1) is 6.92 Å². The van der Waals surface area contributed by atoms with Crippen LogP contribution in [0.25, 0.3) is 16.6 Å². The van der Waals surface area contributed by atoms with Crippen LogP contribution in [-0.2, 0) is 9.84 Å². The van der Waals surface area contributed by atoms with E-state index < -0.39 is 9.84 Å². The molecule has 0 unspecified atom stereocenters. The van der Waals surface area contributed by atoms with Crippen molar-refractivity contribution < 1.29 is 8.42 Å². The molecule has 0 aliphatic heterocycles. The molecule has 4 aromatic rings. The van der Waals surface area contributed by atoms with Crippen molar-refractivity contribution in [2.75, 3.05) is 0 Å². The van der Waals surface area contributed by atoms with Crippen molar-refractivity contribution in [2.24, 2.45) is 0 Å². The van der Waals surface area contributed by atoms with Crippen molar-refractivity contribution in [3.63, 3.8) is 0 Å². The van der Waals surface area contributed by atoms with E-state index in [1.54, 1.807) is 18.2 Å². The van der Waals surface area contributed by atoms with Crippen molar-refractivity contribution in [2.45, 2.75) is 16.8 Å². The quantitative estimate of drug-likeness (QED) is 0.558. The molecule has 0 spiro atoms. The van der Waals surface area contributed by atoms with E-state index in [1.807, 2.05) is 25.1 Å². The summed E-state index contributed by atoms with van der Waals surface area (Å²) in [5, 5.41) is 12.1. The molecule has 3 heterocycles. The highest BCUT2D eigenvalue weighted by molar-refractivity contribution is 7.91. The number of sulfone groups is 1. The Bertz CT molecular complexity index is 1140. The minimum absolute atomic E-state index is 0.0311. The van der Waals surface area contributed by atoms with E-state index >= 15 is 0 Å². The molecule has 0 saturated carbocycles. The molecule has 0 bridgehead atoms. The first-order valence-electron chi connectivity index (χ1n) is 6.85. The Morgan fingerprint density at radius 1 is 1.09 bits per heavy atom. The smallest absolute Gasteiger partial charge is 0.227 e. The van der Waals surface area contributed by atoms with Gasteiger partial charge in [0.25, 0.3) is 0 Å². The molecular weight excluding hydrogens is 314 g/mol. The number of rotatable bonds is 2. The number of pyridine rings is 2. The van der Waals surface area contributed by atoms with E-state index in [1.165, 1.54) is 16.8 Å². The second-order valence-electron chi connectivity index (χ2n) is 5.16. The van der Waals surface area contributed by atoms with E-state index in [4.69, 9.17) is 0 Å². The average Bonchev–Trinajstić information content (AvgIpc) is 3.05. The zero-order valence-electron chi connectivity index (χ0n) is 12.1. The number of hydrogen-bond donors (Lipinski definition) is 0. The van der Waals surface area contributed by atoms with Crippen LogP contribution in [0.4, 0.5) is 0 Å². The third kappa shape index (κ3) is 2.07. The summed E-state index contributed by atoms with van der Waals surface area (Å²) in [6.45, 7) is 1.95. The third-order valence-corrected chi connectivity index (χ3v) is 5.26. The van der Waals surface area contributed by atoms with Crippen molar-refractivity contribution in [3.8, 4) is 0 Å². The normalized spacial score (nSPS) is 12.0. The molecule has 3 aromatic heterocycles. The van der Waals surface area contributed by atoms with E-state index in [0.717, 1.165) is 16.5 Å². The Hall–Kier alpha value is -2.87. The highest BCUT2D eigenvalue weighted by atomic mass is 32.2. The number of aromatic nitrogens is 5. The molecule has 0 aliphatic rings. The topological polar surface area (TPSA) is 90.1 Å². The van der Waals surface area contributed by atoms with Gasteiger partial charge in [-0.3, -0.25) is 0 Å². The molecular formula is C15H11N5O2S. The molecule has 0 atom stereocenters. The highest BCUT2D eigenvalue weighted by Crippen LogP contribution is 2.27. The Balaban J connectivity index is 2.11. The SMILES string of the molecule is Cc1ccc2cc(S(=O)(=O)c3ccccn3)c3nnnn3c2c1. The van der Waals surface area contributed by atoms with Crippen LogP contribution >= 0.6 is 0 Å². The van der Waals surface area contributed by atoms with E-state index in [0.29, 0.717) is 0 Å². The van der Waals surface area contributed by atoms with Crippen LogP contribution in [-0.4, -0.2) is 33.4 Å². The van der Waals surface area contributed by atoms with Gasteiger partial charge >= 0.3 is 0 Å². The lowest BCUT2D eigenvalue weighted by atomic mass is 10.1. The standard InChI is InChI=1S/C15H11N5O2S/c1-10-5-6-11-9-13(15-17-18-19-20(15)12(11)8-10)23(21,22)14-4-2-3-7-16-14/h2-9H,1H3. The molecule has 0 saturated heterocycles. The van der Waals surface area contributed by atoms with Gasteiger partial charge in [-0.25, -0.2) is 13.4 Å². The third-order valence-electron chi connectivity index (χ3n) is 3.59. The van der Waals surface area contributed by atoms with Gasteiger partial charge in [0.05, 0.1) is 5.52 Å². The summed E-state index contributed by atoms with van der Waals surface area (Å²) in [4.78, 5) is 3.99. The molecule has 114 valence electrons. The number of tetrazole rings is 1. The molecule has 0 radical (unpaired) electrons. The fourth-order valence-electron chi connectivity index (χ4n) is 2.48. The minimum Gasteiger partial charge on any atom is -0.244 e. The van der Waals surface area contributed by atoms with Gasteiger partial charge < -0.3 is 0 Å². The maximum absolute atomic E-state index is 12.9. The zero-order valence-corrected chi connectivity index (χ0v) is 12.9. The van der Waals surface area contributed by atoms with E-state index in [9.17, 15) is 8.42 Å². The molecule has 0 amide bonds. The van der Waals surface area contributed by atoms with Crippen molar-refractivity contribution >= 4 is 26.4 Å². The largest absolute Gasteiger partial charge is 0.244 e. The number of aryl methyl sites for hydroxylation is 1. The molecule has 4 rings (SSSR count). The highest BCUT2D eigenvalue weighted by Gasteiger charge is 2.25. The Morgan fingerprint density at radius 2 is 1.96 bits per heavy atom. The number of benzene rings is 1. The summed E-state index contributed by atoms with van der Waals surface area (Å²) in [5.41, 5.74) is 1.98. The molecule has 8 heteroatoms. The molecule has 0 N–H and O–H groups in total. The first-order valence-corrected chi connectivity index (χ1v) is 8.33. The fraction of sp³-hybridized carbons (Fsp3) is 0.0667. The Labute approximate surface area is 131 Å². The van der Waals surface area contributed by atoms with Crippen molar-refractivity contribution in [1.29, 1.82) is 0 Å². The molecule has 7 nitrogen and oxygen atoms in total. The monoisotopic (exact) mass is 325 g/mol. The summed E-state index contributed by atoms with van der Waals surface area (Å²) in [5.74, 6) is 0. The van der Waals surface area contributed by atoms with Gasteiger partial charge in [-0.05, 0) is 47.2 Å². The molecule has 0 fully saturated rings. The molecule has 0 aliphatic carbocycles. The Morgan fingerprint density at radius 3 is 2.74 bits per heavy atom. The molecule has 23 heavy (non-hydrogen) atoms. The minimum atomic E-state index is -3.81. The zero-order chi connectivity index (χ0) is 16.0. The van der Waals surface area contributed by atoms with Crippen LogP contribution in [0.3, 0.4) is 0 Å². The number of hydrogen-bond acceptors (Lipinski definition) is 6. The van der Waals surface area contributed by atoms with Gasteiger partial charge in [0.2, 0.25) is 9.84 Å².